The summed E-state index contributed by atoms with van der Waals surface area (Å²) in [7, 11) is 0. The number of halogens is 1. The third-order valence-electron chi connectivity index (χ3n) is 2.95. The number of rotatable bonds is 1. The van der Waals surface area contributed by atoms with E-state index in [2.05, 4.69) is 5.32 Å². The molecule has 1 saturated heterocycles. The molecule has 92 valence electrons. The van der Waals surface area contributed by atoms with Gasteiger partial charge in [0.15, 0.2) is 0 Å². The zero-order chi connectivity index (χ0) is 12.6. The van der Waals surface area contributed by atoms with Crippen molar-refractivity contribution in [3.05, 3.63) is 11.8 Å². The lowest BCUT2D eigenvalue weighted by Gasteiger charge is -2.30. The van der Waals surface area contributed by atoms with Gasteiger partial charge in [-0.1, -0.05) is 6.08 Å². The second-order valence-corrected chi connectivity index (χ2v) is 4.37. The first-order chi connectivity index (χ1) is 7.97. The van der Waals surface area contributed by atoms with Gasteiger partial charge in [-0.05, 0) is 18.8 Å². The van der Waals surface area contributed by atoms with Crippen LogP contribution in [0, 0.1) is 5.92 Å². The highest BCUT2D eigenvalue weighted by Gasteiger charge is 2.33. The Kier molecular flexibility index (Phi) is 2.95. The van der Waals surface area contributed by atoms with Gasteiger partial charge in [-0.2, -0.15) is 0 Å². The molecule has 1 N–H and O–H groups in total. The van der Waals surface area contributed by atoms with E-state index >= 15 is 0 Å². The number of alkyl halides is 1. The van der Waals surface area contributed by atoms with Crippen molar-refractivity contribution in [3.8, 4) is 0 Å². The van der Waals surface area contributed by atoms with E-state index in [0.29, 0.717) is 12.8 Å². The van der Waals surface area contributed by atoms with E-state index in [-0.39, 0.29) is 18.2 Å². The summed E-state index contributed by atoms with van der Waals surface area (Å²) in [5, 5.41) is 2.42. The van der Waals surface area contributed by atoms with Gasteiger partial charge in [-0.25, -0.2) is 4.39 Å². The van der Waals surface area contributed by atoms with E-state index in [4.69, 9.17) is 0 Å². The van der Waals surface area contributed by atoms with Crippen LogP contribution >= 0.6 is 0 Å². The Balaban J connectivity index is 2.13. The van der Waals surface area contributed by atoms with Crippen molar-refractivity contribution in [3.63, 3.8) is 0 Å². The first-order valence-corrected chi connectivity index (χ1v) is 5.45. The molecule has 0 unspecified atom stereocenters. The minimum Gasteiger partial charge on any atom is -0.320 e. The van der Waals surface area contributed by atoms with Crippen LogP contribution in [0.15, 0.2) is 11.8 Å². The van der Waals surface area contributed by atoms with Gasteiger partial charge in [-0.3, -0.25) is 19.3 Å². The number of piperazine rings is 1. The number of amides is 3. The van der Waals surface area contributed by atoms with Crippen molar-refractivity contribution in [2.75, 3.05) is 6.54 Å². The fraction of sp³-hybridized carbons (Fsp3) is 0.545. The van der Waals surface area contributed by atoms with Crippen molar-refractivity contribution in [1.29, 1.82) is 0 Å². The summed E-state index contributed by atoms with van der Waals surface area (Å²) < 4.78 is 12.6. The molecule has 0 bridgehead atoms. The minimum absolute atomic E-state index is 0.0313. The van der Waals surface area contributed by atoms with Crippen LogP contribution in [0.2, 0.25) is 0 Å². The summed E-state index contributed by atoms with van der Waals surface area (Å²) in [5.74, 6) is -1.41. The lowest BCUT2D eigenvalue weighted by Crippen LogP contribution is -2.52. The van der Waals surface area contributed by atoms with E-state index in [9.17, 15) is 18.8 Å². The highest BCUT2D eigenvalue weighted by Crippen LogP contribution is 2.32. The number of hydrogen-bond acceptors (Lipinski definition) is 3. The predicted octanol–water partition coefficient (Wildman–Crippen LogP) is 0.123. The monoisotopic (exact) mass is 240 g/mol. The standard InChI is InChI=1S/C11H13FN2O3/c1-6(15)14-5-10(16)13-9(11(14)17)4-7-2-8(12)3-7/h4,7-8H,2-3,5H2,1H3,(H,13,16). The Hall–Kier alpha value is -1.72. The number of nitrogens with zero attached hydrogens (tertiary/aromatic N) is 1. The van der Waals surface area contributed by atoms with E-state index in [1.54, 1.807) is 6.08 Å². The molecule has 0 aromatic rings. The minimum atomic E-state index is -0.824. The van der Waals surface area contributed by atoms with Crippen LogP contribution in [-0.2, 0) is 14.4 Å². The number of nitrogens with one attached hydrogen (secondary N) is 1. The fourth-order valence-electron chi connectivity index (χ4n) is 1.93. The smallest absolute Gasteiger partial charge is 0.277 e. The summed E-state index contributed by atoms with van der Waals surface area (Å²) >= 11 is 0. The van der Waals surface area contributed by atoms with Crippen LogP contribution in [0.25, 0.3) is 0 Å². The van der Waals surface area contributed by atoms with Crippen molar-refractivity contribution >= 4 is 17.7 Å². The Morgan fingerprint density at radius 1 is 1.47 bits per heavy atom. The molecule has 0 radical (unpaired) electrons. The molecule has 0 atom stereocenters. The highest BCUT2D eigenvalue weighted by atomic mass is 19.1. The normalized spacial score (nSPS) is 31.2. The van der Waals surface area contributed by atoms with Gasteiger partial charge in [0, 0.05) is 6.92 Å². The molecule has 3 amide bonds. The van der Waals surface area contributed by atoms with Gasteiger partial charge in [0.05, 0.1) is 0 Å². The molecule has 0 aromatic heterocycles. The molecule has 1 saturated carbocycles. The van der Waals surface area contributed by atoms with Crippen LogP contribution < -0.4 is 5.32 Å². The average molecular weight is 240 g/mol. The molecule has 1 heterocycles. The van der Waals surface area contributed by atoms with E-state index < -0.39 is 23.9 Å². The third kappa shape index (κ3) is 2.35. The number of carbonyl (C=O) groups excluding carboxylic acids is 3. The molecule has 17 heavy (non-hydrogen) atoms. The fourth-order valence-corrected chi connectivity index (χ4v) is 1.93. The molecule has 2 fully saturated rings. The van der Waals surface area contributed by atoms with Gasteiger partial charge in [0.1, 0.15) is 18.4 Å². The predicted molar refractivity (Wildman–Crippen MR) is 56.2 cm³/mol. The molecule has 1 aliphatic heterocycles. The molecule has 1 aliphatic carbocycles. The maximum absolute atomic E-state index is 12.6. The van der Waals surface area contributed by atoms with Crippen LogP contribution in [0.3, 0.4) is 0 Å². The SMILES string of the molecule is CC(=O)N1CC(=O)NC(=CC2CC(F)C2)C1=O. The number of carbonyl (C=O) groups is 3. The molecule has 5 nitrogen and oxygen atoms in total. The lowest BCUT2D eigenvalue weighted by atomic mass is 9.83. The van der Waals surface area contributed by atoms with Crippen LogP contribution in [0.1, 0.15) is 19.8 Å². The number of imide groups is 1. The highest BCUT2D eigenvalue weighted by molar-refractivity contribution is 6.10. The van der Waals surface area contributed by atoms with Gasteiger partial charge < -0.3 is 5.32 Å². The topological polar surface area (TPSA) is 66.5 Å². The van der Waals surface area contributed by atoms with Crippen molar-refractivity contribution in [2.24, 2.45) is 5.92 Å². The van der Waals surface area contributed by atoms with Crippen molar-refractivity contribution in [1.82, 2.24) is 10.2 Å². The summed E-state index contributed by atoms with van der Waals surface area (Å²) in [6.07, 6.45) is 1.46. The molecule has 2 aliphatic rings. The van der Waals surface area contributed by atoms with E-state index in [1.807, 2.05) is 0 Å². The average Bonchev–Trinajstić information content (AvgIpc) is 2.20. The molecule has 6 heteroatoms. The maximum Gasteiger partial charge on any atom is 0.277 e. The van der Waals surface area contributed by atoms with Crippen molar-refractivity contribution in [2.45, 2.75) is 25.9 Å². The quantitative estimate of drug-likeness (QED) is 0.662. The number of hydrogen-bond donors (Lipinski definition) is 1. The van der Waals surface area contributed by atoms with Crippen LogP contribution in [-0.4, -0.2) is 35.3 Å². The molecular weight excluding hydrogens is 227 g/mol. The first kappa shape index (κ1) is 11.8. The Morgan fingerprint density at radius 3 is 2.65 bits per heavy atom. The maximum atomic E-state index is 12.6. The van der Waals surface area contributed by atoms with Crippen molar-refractivity contribution < 1.29 is 18.8 Å². The molecule has 0 spiro atoms. The van der Waals surface area contributed by atoms with Gasteiger partial charge >= 0.3 is 0 Å². The van der Waals surface area contributed by atoms with Crippen LogP contribution in [0.4, 0.5) is 4.39 Å². The number of allylic oxidation sites excluding steroid dienone is 1. The third-order valence-corrected chi connectivity index (χ3v) is 2.95. The molecular formula is C11H13FN2O3. The molecule has 2 rings (SSSR count). The van der Waals surface area contributed by atoms with Crippen LogP contribution in [0.5, 0.6) is 0 Å². The Morgan fingerprint density at radius 2 is 2.12 bits per heavy atom. The Labute approximate surface area is 97.6 Å². The zero-order valence-corrected chi connectivity index (χ0v) is 9.40. The molecule has 0 aromatic carbocycles. The largest absolute Gasteiger partial charge is 0.320 e. The Bertz CT molecular complexity index is 413. The van der Waals surface area contributed by atoms with Gasteiger partial charge in [0.2, 0.25) is 11.8 Å². The lowest BCUT2D eigenvalue weighted by molar-refractivity contribution is -0.147. The zero-order valence-electron chi connectivity index (χ0n) is 9.40. The van der Waals surface area contributed by atoms with Gasteiger partial charge in [0.25, 0.3) is 5.91 Å². The van der Waals surface area contributed by atoms with E-state index in [1.165, 1.54) is 6.92 Å². The summed E-state index contributed by atoms with van der Waals surface area (Å²) in [4.78, 5) is 35.2. The first-order valence-electron chi connectivity index (χ1n) is 5.45. The van der Waals surface area contributed by atoms with Gasteiger partial charge in [-0.15, -0.1) is 0 Å². The second kappa shape index (κ2) is 4.27. The summed E-state index contributed by atoms with van der Waals surface area (Å²) in [6.45, 7) is 0.983. The summed E-state index contributed by atoms with van der Waals surface area (Å²) in [6, 6.07) is 0. The summed E-state index contributed by atoms with van der Waals surface area (Å²) in [5.41, 5.74) is 0.0911. The van der Waals surface area contributed by atoms with E-state index in [0.717, 1.165) is 4.90 Å². The second-order valence-electron chi connectivity index (χ2n) is 4.37.